The molecule has 0 spiro atoms. The van der Waals surface area contributed by atoms with E-state index in [1.165, 1.54) is 0 Å². The second-order valence-corrected chi connectivity index (χ2v) is 0.896. The van der Waals surface area contributed by atoms with Crippen LogP contribution in [0.15, 0.2) is 12.7 Å². The average Bonchev–Trinajstić information content (AvgIpc) is 1.71. The molecule has 1 atom stereocenters. The summed E-state index contributed by atoms with van der Waals surface area (Å²) in [4.78, 5) is 11.1. The van der Waals surface area contributed by atoms with Crippen LogP contribution in [0.5, 0.6) is 0 Å². The maximum atomic E-state index is 8.51. The van der Waals surface area contributed by atoms with Crippen LogP contribution in [0.4, 0.5) is 0 Å². The molecule has 0 saturated heterocycles. The van der Waals surface area contributed by atoms with Crippen LogP contribution in [-0.4, -0.2) is 11.5 Å². The Balaban J connectivity index is 0. The standard InChI is InChI=1S/C3H7NO.HO2P/c1-2-3-5-4;1-3-2/h2H,1,3-4H2;3H/p+1. The van der Waals surface area contributed by atoms with Gasteiger partial charge in [-0.15, -0.1) is 6.58 Å². The highest BCUT2D eigenvalue weighted by molar-refractivity contribution is 7.16. The van der Waals surface area contributed by atoms with Gasteiger partial charge in [-0.25, -0.2) is 5.90 Å². The van der Waals surface area contributed by atoms with E-state index in [9.17, 15) is 0 Å². The first-order valence-corrected chi connectivity index (χ1v) is 2.62. The molecule has 0 rings (SSSR count). The van der Waals surface area contributed by atoms with Crippen molar-refractivity contribution >= 4 is 8.69 Å². The molecule has 0 aromatic rings. The van der Waals surface area contributed by atoms with Gasteiger partial charge in [0.15, 0.2) is 0 Å². The summed E-state index contributed by atoms with van der Waals surface area (Å²) in [6.45, 7) is 3.78. The van der Waals surface area contributed by atoms with Crippen molar-refractivity contribution in [3.05, 3.63) is 12.7 Å². The van der Waals surface area contributed by atoms with Crippen LogP contribution < -0.4 is 5.90 Å². The minimum absolute atomic E-state index is 0.431. The van der Waals surface area contributed by atoms with Crippen molar-refractivity contribution in [1.82, 2.24) is 0 Å². The van der Waals surface area contributed by atoms with Crippen LogP contribution in [0, 0.1) is 0 Å². The molecule has 0 amide bonds. The Morgan fingerprint density at radius 3 is 2.38 bits per heavy atom. The topological polar surface area (TPSA) is 72.5 Å². The Hall–Kier alpha value is -0.280. The molecular formula is C3H9NO3P+. The summed E-state index contributed by atoms with van der Waals surface area (Å²) >= 11 is 0. The molecule has 0 radical (unpaired) electrons. The van der Waals surface area contributed by atoms with Gasteiger partial charge in [0.25, 0.3) is 0 Å². The highest BCUT2D eigenvalue weighted by atomic mass is 31.1. The van der Waals surface area contributed by atoms with Crippen LogP contribution in [0.3, 0.4) is 0 Å². The second kappa shape index (κ2) is 15.9. The van der Waals surface area contributed by atoms with E-state index in [-0.39, 0.29) is 0 Å². The van der Waals surface area contributed by atoms with Crippen molar-refractivity contribution in [3.8, 4) is 0 Å². The Morgan fingerprint density at radius 1 is 2.00 bits per heavy atom. The van der Waals surface area contributed by atoms with Gasteiger partial charge in [0.1, 0.15) is 0 Å². The van der Waals surface area contributed by atoms with Gasteiger partial charge < -0.3 is 4.84 Å². The lowest BCUT2D eigenvalue weighted by molar-refractivity contribution is 0.168. The lowest BCUT2D eigenvalue weighted by Gasteiger charge is -1.79. The molecule has 0 aliphatic carbocycles. The molecule has 48 valence electrons. The van der Waals surface area contributed by atoms with Gasteiger partial charge in [-0.05, 0) is 4.57 Å². The van der Waals surface area contributed by atoms with Gasteiger partial charge >= 0.3 is 8.69 Å². The van der Waals surface area contributed by atoms with Gasteiger partial charge in [0.05, 0.1) is 6.61 Å². The summed E-state index contributed by atoms with van der Waals surface area (Å²) in [6.07, 6.45) is 1.58. The van der Waals surface area contributed by atoms with Crippen LogP contribution >= 0.6 is 8.69 Å². The zero-order chi connectivity index (χ0) is 6.83. The van der Waals surface area contributed by atoms with Crippen molar-refractivity contribution < 1.29 is 14.3 Å². The van der Waals surface area contributed by atoms with Crippen molar-refractivity contribution in [2.75, 3.05) is 6.61 Å². The number of nitrogens with two attached hydrogens (primary N) is 1. The SMILES string of the molecule is C=CCON.O=[PH+]O. The van der Waals surface area contributed by atoms with E-state index < -0.39 is 8.69 Å². The predicted molar refractivity (Wildman–Crippen MR) is 31.6 cm³/mol. The van der Waals surface area contributed by atoms with E-state index in [1.54, 1.807) is 6.08 Å². The third-order valence-electron chi connectivity index (χ3n) is 0.214. The lowest BCUT2D eigenvalue weighted by atomic mass is 10.7. The molecule has 0 aromatic carbocycles. The molecule has 0 saturated carbocycles. The summed E-state index contributed by atoms with van der Waals surface area (Å²) in [6, 6.07) is 0. The van der Waals surface area contributed by atoms with E-state index in [1.807, 2.05) is 0 Å². The normalized spacial score (nSPS) is 7.25. The number of rotatable bonds is 2. The number of hydrogen-bond acceptors (Lipinski definition) is 3. The third kappa shape index (κ3) is 43.1. The fourth-order valence-corrected chi connectivity index (χ4v) is 0.0680. The minimum atomic E-state index is -1.17. The van der Waals surface area contributed by atoms with E-state index in [0.717, 1.165) is 0 Å². The monoisotopic (exact) mass is 138 g/mol. The molecule has 0 fully saturated rings. The molecular weight excluding hydrogens is 129 g/mol. The molecule has 0 aliphatic rings. The van der Waals surface area contributed by atoms with Crippen LogP contribution in [0.25, 0.3) is 0 Å². The van der Waals surface area contributed by atoms with E-state index in [4.69, 9.17) is 9.46 Å². The highest BCUT2D eigenvalue weighted by Gasteiger charge is 1.58. The molecule has 1 unspecified atom stereocenters. The predicted octanol–water partition coefficient (Wildman–Crippen LogP) is -0.0196. The van der Waals surface area contributed by atoms with E-state index in [2.05, 4.69) is 17.3 Å². The van der Waals surface area contributed by atoms with Crippen molar-refractivity contribution in [2.24, 2.45) is 5.90 Å². The molecule has 0 aliphatic heterocycles. The molecule has 0 heterocycles. The molecule has 0 bridgehead atoms. The maximum absolute atomic E-state index is 8.51. The minimum Gasteiger partial charge on any atom is -0.300 e. The summed E-state index contributed by atoms with van der Waals surface area (Å²) in [5, 5.41) is 0. The van der Waals surface area contributed by atoms with Gasteiger partial charge in [0, 0.05) is 0 Å². The van der Waals surface area contributed by atoms with Gasteiger partial charge in [0.2, 0.25) is 0 Å². The Labute approximate surface area is 49.2 Å². The smallest absolute Gasteiger partial charge is 0.300 e. The van der Waals surface area contributed by atoms with Crippen LogP contribution in [-0.2, 0) is 9.40 Å². The fourth-order valence-electron chi connectivity index (χ4n) is 0.0680. The quantitative estimate of drug-likeness (QED) is 0.319. The Kier molecular flexibility index (Phi) is 21.2. The van der Waals surface area contributed by atoms with E-state index in [0.29, 0.717) is 6.61 Å². The molecule has 8 heavy (non-hydrogen) atoms. The van der Waals surface area contributed by atoms with Gasteiger partial charge in [-0.2, -0.15) is 4.89 Å². The lowest BCUT2D eigenvalue weighted by Crippen LogP contribution is -1.96. The largest absolute Gasteiger partial charge is 0.491 e. The highest BCUT2D eigenvalue weighted by Crippen LogP contribution is 1.66. The third-order valence-corrected chi connectivity index (χ3v) is 0.214. The van der Waals surface area contributed by atoms with Crippen molar-refractivity contribution in [3.63, 3.8) is 0 Å². The molecule has 0 aromatic heterocycles. The zero-order valence-electron chi connectivity index (χ0n) is 4.33. The van der Waals surface area contributed by atoms with Crippen molar-refractivity contribution in [2.45, 2.75) is 0 Å². The summed E-state index contributed by atoms with van der Waals surface area (Å²) < 4.78 is 8.51. The zero-order valence-corrected chi connectivity index (χ0v) is 5.33. The summed E-state index contributed by atoms with van der Waals surface area (Å²) in [7, 11) is -1.17. The van der Waals surface area contributed by atoms with Crippen LogP contribution in [0.2, 0.25) is 0 Å². The average molecular weight is 138 g/mol. The van der Waals surface area contributed by atoms with E-state index >= 15 is 0 Å². The van der Waals surface area contributed by atoms with Crippen LogP contribution in [0.1, 0.15) is 0 Å². The Morgan fingerprint density at radius 2 is 2.38 bits per heavy atom. The first-order chi connectivity index (χ1) is 3.83. The number of hydrogen-bond donors (Lipinski definition) is 2. The molecule has 5 heteroatoms. The molecule has 4 nitrogen and oxygen atoms in total. The maximum Gasteiger partial charge on any atom is 0.491 e. The summed E-state index contributed by atoms with van der Waals surface area (Å²) in [5.41, 5.74) is 0. The fraction of sp³-hybridized carbons (Fsp3) is 0.333. The van der Waals surface area contributed by atoms with Gasteiger partial charge in [-0.3, -0.25) is 0 Å². The van der Waals surface area contributed by atoms with Gasteiger partial charge in [-0.1, -0.05) is 6.08 Å². The van der Waals surface area contributed by atoms with Crippen molar-refractivity contribution in [1.29, 1.82) is 0 Å². The first-order valence-electron chi connectivity index (χ1n) is 1.77. The first kappa shape index (κ1) is 10.7. The molecule has 3 N–H and O–H groups in total. The summed E-state index contributed by atoms with van der Waals surface area (Å²) in [5.74, 6) is 4.57. The Bertz CT molecular complexity index is 58.5. The second-order valence-electron chi connectivity index (χ2n) is 0.713.